The SMILES string of the molecule is C/C(=N/NC(=O)c1nnn(-c2nonc2N)c1-c1ccccc1)c1ccc(C2CCCCC2)cc1. The number of nitrogens with zero attached hydrogens (tertiary/aromatic N) is 6. The number of carbonyl (C=O) groups excluding carboxylic acids is 1. The number of carbonyl (C=O) groups is 1. The Kier molecular flexibility index (Phi) is 6.34. The number of rotatable bonds is 6. The van der Waals surface area contributed by atoms with Gasteiger partial charge < -0.3 is 5.73 Å². The zero-order valence-corrected chi connectivity index (χ0v) is 19.4. The Morgan fingerprint density at radius 3 is 2.49 bits per heavy atom. The molecule has 0 bridgehead atoms. The second-order valence-corrected chi connectivity index (χ2v) is 8.63. The van der Waals surface area contributed by atoms with Gasteiger partial charge in [-0.2, -0.15) is 9.78 Å². The van der Waals surface area contributed by atoms with Crippen LogP contribution in [0.4, 0.5) is 5.82 Å². The Labute approximate surface area is 202 Å². The minimum Gasteiger partial charge on any atom is -0.378 e. The average Bonchev–Trinajstić information content (AvgIpc) is 3.54. The fraction of sp³-hybridized carbons (Fsp3) is 0.280. The molecule has 0 radical (unpaired) electrons. The molecule has 2 aromatic carbocycles. The molecule has 0 atom stereocenters. The van der Waals surface area contributed by atoms with Crippen LogP contribution in [-0.4, -0.2) is 36.9 Å². The van der Waals surface area contributed by atoms with E-state index in [2.05, 4.69) is 55.4 Å². The van der Waals surface area contributed by atoms with E-state index < -0.39 is 5.91 Å². The number of amides is 1. The van der Waals surface area contributed by atoms with E-state index in [1.54, 1.807) is 0 Å². The van der Waals surface area contributed by atoms with Crippen molar-refractivity contribution in [2.45, 2.75) is 44.9 Å². The van der Waals surface area contributed by atoms with E-state index >= 15 is 0 Å². The Hall–Kier alpha value is -4.34. The molecule has 1 amide bonds. The largest absolute Gasteiger partial charge is 0.378 e. The minimum atomic E-state index is -0.511. The van der Waals surface area contributed by atoms with Gasteiger partial charge in [0.2, 0.25) is 11.6 Å². The van der Waals surface area contributed by atoms with Gasteiger partial charge in [-0.25, -0.2) is 10.1 Å². The van der Waals surface area contributed by atoms with Crippen LogP contribution >= 0.6 is 0 Å². The van der Waals surface area contributed by atoms with E-state index in [9.17, 15) is 4.79 Å². The van der Waals surface area contributed by atoms with Crippen LogP contribution in [0.3, 0.4) is 0 Å². The van der Waals surface area contributed by atoms with Crippen molar-refractivity contribution in [2.24, 2.45) is 5.10 Å². The molecule has 1 saturated carbocycles. The number of nitrogens with one attached hydrogen (secondary N) is 1. The summed E-state index contributed by atoms with van der Waals surface area (Å²) in [7, 11) is 0. The number of hydrogen-bond donors (Lipinski definition) is 2. The summed E-state index contributed by atoms with van der Waals surface area (Å²) >= 11 is 0. The highest BCUT2D eigenvalue weighted by Gasteiger charge is 2.25. The predicted octanol–water partition coefficient (Wildman–Crippen LogP) is 4.10. The van der Waals surface area contributed by atoms with E-state index in [0.29, 0.717) is 22.9 Å². The topological polar surface area (TPSA) is 137 Å². The molecule has 10 nitrogen and oxygen atoms in total. The van der Waals surface area contributed by atoms with Gasteiger partial charge in [-0.3, -0.25) is 4.79 Å². The molecule has 1 fully saturated rings. The van der Waals surface area contributed by atoms with Gasteiger partial charge in [-0.1, -0.05) is 79.1 Å². The normalized spacial score (nSPS) is 14.7. The van der Waals surface area contributed by atoms with E-state index in [0.717, 1.165) is 5.56 Å². The van der Waals surface area contributed by atoms with Gasteiger partial charge in [-0.15, -0.1) is 5.10 Å². The van der Waals surface area contributed by atoms with Crippen molar-refractivity contribution < 1.29 is 9.42 Å². The maximum absolute atomic E-state index is 13.1. The van der Waals surface area contributed by atoms with Crippen molar-refractivity contribution in [3.63, 3.8) is 0 Å². The zero-order valence-electron chi connectivity index (χ0n) is 19.4. The Bertz CT molecular complexity index is 1340. The average molecular weight is 471 g/mol. The lowest BCUT2D eigenvalue weighted by molar-refractivity contribution is 0.0950. The lowest BCUT2D eigenvalue weighted by Crippen LogP contribution is -2.21. The van der Waals surface area contributed by atoms with Gasteiger partial charge in [0.25, 0.3) is 5.91 Å². The van der Waals surface area contributed by atoms with E-state index in [-0.39, 0.29) is 17.3 Å². The molecule has 0 unspecified atom stereocenters. The first-order chi connectivity index (χ1) is 17.1. The van der Waals surface area contributed by atoms with E-state index in [1.165, 1.54) is 42.3 Å². The summed E-state index contributed by atoms with van der Waals surface area (Å²) in [5.74, 6) is 0.309. The maximum atomic E-state index is 13.1. The number of aromatic nitrogens is 5. The number of nitrogen functional groups attached to an aromatic ring is 1. The molecule has 3 N–H and O–H groups in total. The summed E-state index contributed by atoms with van der Waals surface area (Å²) in [6.07, 6.45) is 6.44. The molecular formula is C25H26N8O2. The van der Waals surface area contributed by atoms with Crippen LogP contribution in [0.5, 0.6) is 0 Å². The molecular weight excluding hydrogens is 444 g/mol. The summed E-state index contributed by atoms with van der Waals surface area (Å²) in [5.41, 5.74) is 12.6. The fourth-order valence-corrected chi connectivity index (χ4v) is 4.46. The minimum absolute atomic E-state index is 0.0320. The molecule has 2 aromatic heterocycles. The summed E-state index contributed by atoms with van der Waals surface area (Å²) in [5, 5.41) is 19.8. The number of hydrazone groups is 1. The third-order valence-corrected chi connectivity index (χ3v) is 6.36. The molecule has 0 saturated heterocycles. The van der Waals surface area contributed by atoms with E-state index in [4.69, 9.17) is 10.4 Å². The predicted molar refractivity (Wildman–Crippen MR) is 131 cm³/mol. The maximum Gasteiger partial charge on any atom is 0.294 e. The highest BCUT2D eigenvalue weighted by molar-refractivity contribution is 6.02. The molecule has 35 heavy (non-hydrogen) atoms. The van der Waals surface area contributed by atoms with Crippen LogP contribution in [0.25, 0.3) is 17.1 Å². The zero-order chi connectivity index (χ0) is 24.2. The second kappa shape index (κ2) is 9.88. The fourth-order valence-electron chi connectivity index (χ4n) is 4.46. The Morgan fingerprint density at radius 2 is 1.80 bits per heavy atom. The highest BCUT2D eigenvalue weighted by Crippen LogP contribution is 2.32. The number of anilines is 1. The molecule has 0 aliphatic heterocycles. The summed E-state index contributed by atoms with van der Waals surface area (Å²) in [4.78, 5) is 13.1. The molecule has 0 spiro atoms. The van der Waals surface area contributed by atoms with Crippen molar-refractivity contribution in [3.05, 3.63) is 71.4 Å². The van der Waals surface area contributed by atoms with Crippen LogP contribution in [0.2, 0.25) is 0 Å². The molecule has 10 heteroatoms. The quantitative estimate of drug-likeness (QED) is 0.320. The Balaban J connectivity index is 1.38. The van der Waals surface area contributed by atoms with Crippen molar-refractivity contribution in [1.29, 1.82) is 0 Å². The summed E-state index contributed by atoms with van der Waals surface area (Å²) in [6.45, 7) is 1.85. The van der Waals surface area contributed by atoms with Crippen molar-refractivity contribution in [1.82, 2.24) is 30.7 Å². The number of hydrogen-bond acceptors (Lipinski definition) is 8. The van der Waals surface area contributed by atoms with Crippen LogP contribution in [0.1, 0.15) is 66.6 Å². The molecule has 4 aromatic rings. The third-order valence-electron chi connectivity index (χ3n) is 6.36. The van der Waals surface area contributed by atoms with Gasteiger partial charge in [0.1, 0.15) is 5.69 Å². The second-order valence-electron chi connectivity index (χ2n) is 8.63. The van der Waals surface area contributed by atoms with Gasteiger partial charge in [0.05, 0.1) is 5.71 Å². The smallest absolute Gasteiger partial charge is 0.294 e. The first-order valence-corrected chi connectivity index (χ1v) is 11.7. The van der Waals surface area contributed by atoms with Crippen molar-refractivity contribution in [2.75, 3.05) is 5.73 Å². The van der Waals surface area contributed by atoms with Crippen LogP contribution in [-0.2, 0) is 0 Å². The van der Waals surface area contributed by atoms with Crippen molar-refractivity contribution >= 4 is 17.4 Å². The van der Waals surface area contributed by atoms with Gasteiger partial charge >= 0.3 is 0 Å². The molecule has 2 heterocycles. The van der Waals surface area contributed by atoms with Crippen LogP contribution < -0.4 is 11.2 Å². The molecule has 178 valence electrons. The first-order valence-electron chi connectivity index (χ1n) is 11.7. The van der Waals surface area contributed by atoms with Gasteiger partial charge in [0.15, 0.2) is 5.69 Å². The van der Waals surface area contributed by atoms with Gasteiger partial charge in [0, 0.05) is 5.56 Å². The molecule has 1 aliphatic carbocycles. The standard InChI is InChI=1S/C25H26N8O2/c1-16(17-12-14-19(15-13-17)18-8-4-2-5-9-18)27-29-25(34)21-22(20-10-6-3-7-11-20)33(32-28-21)24-23(26)30-35-31-24/h3,6-7,10-15,18H,2,4-5,8-9H2,1H3,(H2,26,30)(H,29,34)/b27-16-. The molecule has 1 aliphatic rings. The van der Waals surface area contributed by atoms with Crippen molar-refractivity contribution in [3.8, 4) is 17.1 Å². The van der Waals surface area contributed by atoms with E-state index in [1.807, 2.05) is 37.3 Å². The van der Waals surface area contributed by atoms with Crippen LogP contribution in [0.15, 0.2) is 64.3 Å². The third kappa shape index (κ3) is 4.68. The molecule has 5 rings (SSSR count). The first kappa shape index (κ1) is 22.5. The van der Waals surface area contributed by atoms with Crippen LogP contribution in [0, 0.1) is 0 Å². The highest BCUT2D eigenvalue weighted by atomic mass is 16.6. The summed E-state index contributed by atoms with van der Waals surface area (Å²) < 4.78 is 6.03. The lowest BCUT2D eigenvalue weighted by Gasteiger charge is -2.22. The lowest BCUT2D eigenvalue weighted by atomic mass is 9.84. The monoisotopic (exact) mass is 470 g/mol. The summed E-state index contributed by atoms with van der Waals surface area (Å²) in [6, 6.07) is 17.7. The Morgan fingerprint density at radius 1 is 1.06 bits per heavy atom. The number of benzene rings is 2. The number of nitrogens with two attached hydrogens (primary N) is 1. The van der Waals surface area contributed by atoms with Gasteiger partial charge in [-0.05, 0) is 47.1 Å².